The highest BCUT2D eigenvalue weighted by Crippen LogP contribution is 2.47. The minimum absolute atomic E-state index is 0.0278. The quantitative estimate of drug-likeness (QED) is 0.0117. The third-order valence-electron chi connectivity index (χ3n) is 15.8. The van der Waals surface area contributed by atoms with Gasteiger partial charge in [0.05, 0.1) is 85.7 Å². The van der Waals surface area contributed by atoms with Crippen LogP contribution < -0.4 is 46.6 Å². The molecule has 3 aliphatic carbocycles. The summed E-state index contributed by atoms with van der Waals surface area (Å²) in [4.78, 5) is 79.3. The van der Waals surface area contributed by atoms with Gasteiger partial charge in [0.2, 0.25) is 6.33 Å². The number of aromatic amines is 3. The van der Waals surface area contributed by atoms with Gasteiger partial charge in [-0.3, -0.25) is 24.2 Å². The molecule has 0 bridgehead atoms. The Hall–Kier alpha value is -5.34. The first-order chi connectivity index (χ1) is 49.8. The summed E-state index contributed by atoms with van der Waals surface area (Å²) in [6.45, 7) is 2.79. The first-order valence-electron chi connectivity index (χ1n) is 31.2. The average molecular weight is 2090 g/mol. The van der Waals surface area contributed by atoms with Gasteiger partial charge in [0, 0.05) is 76.6 Å². The number of ether oxygens (including phenoxy) is 5. The second kappa shape index (κ2) is 40.7. The Kier molecular flexibility index (Phi) is 33.6. The Balaban J connectivity index is 0.000000224. The zero-order chi connectivity index (χ0) is 76.1. The van der Waals surface area contributed by atoms with Crippen molar-refractivity contribution in [2.24, 2.45) is 26.4 Å². The molecule has 13 N–H and O–H groups in total. The molecule has 104 heavy (non-hydrogen) atoms. The molecule has 2 aromatic heterocycles. The number of oxime groups is 4. The number of allylic oxidation sites excluding steroid dienone is 3. The standard InChI is InChI=1S/C27H28Br4N6O7.C21H23Br4N3O5.C15H16Br2N4O4.CH3O/c1-42-23-18(30)10-27(24(38)21(23)31)11-20(37-44-27)26(40)33-4-2-6-43-22-16(28)7-14(8-17(22)29)9-19(36-41)25(39)34-5-3-15-12-32-13-35-15;1-31-18-14(24)9-21(19(29)16(18)25)10-15(28-33-21)20(30)27-5-2-6-32-17-12(22)7-11(3-4-26)8-13(17)23;1-24-12-9(16)4-15(13(22)11(12)17)5-10(21-25-15)14(23)19-3-2-8-6-18-7-20-8;1-2/h7-8,10,12-13,24,38,41H,2-6,9,11H2,1H3,(H,32,35)(H,33,40)(H,34,39);7-9,19,29H,2-6,10,26H2,1H3,(H,27,30);4,6-7,13,22H,2-3,5H2,1H3,(H,18,20)(H,19,23);1H3/q;;;-1/p+1/b36-19+;;;/t24-,27+;19-,21+;13-,15+;/m111./s1. The van der Waals surface area contributed by atoms with E-state index in [1.807, 2.05) is 12.1 Å². The number of nitrogens with zero attached hydrogens (tertiary/aromatic N) is 5. The number of nitrogens with two attached hydrogens (primary N) is 1. The van der Waals surface area contributed by atoms with Gasteiger partial charge in [-0.1, -0.05) is 20.6 Å². The second-order valence-corrected chi connectivity index (χ2v) is 31.3. The number of halogens is 10. The van der Waals surface area contributed by atoms with Crippen LogP contribution in [0, 0.1) is 0 Å². The molecule has 5 heterocycles. The van der Waals surface area contributed by atoms with E-state index in [0.717, 1.165) is 39.4 Å². The Morgan fingerprint density at radius 2 is 0.990 bits per heavy atom. The van der Waals surface area contributed by atoms with E-state index >= 15 is 0 Å². The van der Waals surface area contributed by atoms with Crippen LogP contribution in [-0.2, 0) is 73.6 Å². The summed E-state index contributed by atoms with van der Waals surface area (Å²) in [5, 5.41) is 75.7. The highest BCUT2D eigenvalue weighted by atomic mass is 79.9. The van der Waals surface area contributed by atoms with Crippen LogP contribution in [0.3, 0.4) is 0 Å². The van der Waals surface area contributed by atoms with Gasteiger partial charge in [-0.15, -0.1) is 0 Å². The maximum Gasteiger partial charge on any atom is 0.269 e. The number of carbonyl (C=O) groups is 4. The minimum Gasteiger partial charge on any atom is -0.857 e. The molecule has 3 aliphatic heterocycles. The van der Waals surface area contributed by atoms with E-state index in [0.29, 0.717) is 142 Å². The molecule has 3 spiro atoms. The van der Waals surface area contributed by atoms with Crippen LogP contribution in [0.5, 0.6) is 11.5 Å². The SMILES string of the molecule is COC1=C(Br)[C@@H](O)[C@]2(C=C1Br)CC(C(=O)NCCCOc1c(Br)cc(C/C(=N\O)C(=O)NCCc3c[nH+]c[nH]3)cc1Br)=NO2.COC1=C(Br)[C@@H](O)[C@]2(C=C1Br)CC(C(=O)NCCCOc1c(Br)cc(CCN)cc1Br)=NO2.COC1=C(Br)[C@@H](O)[C@]2(C=C1Br)CC(C(=O)NCCc1cnc[nH]1)=NO2.C[O-]. The molecule has 6 aliphatic rings. The van der Waals surface area contributed by atoms with Crippen LogP contribution in [0.1, 0.15) is 54.6 Å². The molecule has 0 unspecified atom stereocenters. The van der Waals surface area contributed by atoms with Crippen molar-refractivity contribution in [1.82, 2.24) is 36.2 Å². The van der Waals surface area contributed by atoms with Crippen LogP contribution in [0.25, 0.3) is 0 Å². The van der Waals surface area contributed by atoms with Crippen molar-refractivity contribution in [3.8, 4) is 11.5 Å². The fraction of sp³-hybridized carbons (Fsp3) is 0.406. The smallest absolute Gasteiger partial charge is 0.269 e. The number of amides is 4. The minimum atomic E-state index is -1.23. The summed E-state index contributed by atoms with van der Waals surface area (Å²) < 4.78 is 33.5. The number of H-pyrrole nitrogens is 3. The summed E-state index contributed by atoms with van der Waals surface area (Å²) in [6, 6.07) is 7.52. The van der Waals surface area contributed by atoms with Crippen molar-refractivity contribution in [2.45, 2.75) is 92.9 Å². The molecular formula is C64H71Br10N13O17. The van der Waals surface area contributed by atoms with E-state index in [4.69, 9.17) is 49.0 Å². The van der Waals surface area contributed by atoms with Gasteiger partial charge >= 0.3 is 0 Å². The second-order valence-electron chi connectivity index (χ2n) is 22.8. The lowest BCUT2D eigenvalue weighted by molar-refractivity contribution is -0.376. The Morgan fingerprint density at radius 1 is 0.596 bits per heavy atom. The number of imidazole rings is 2. The molecule has 40 heteroatoms. The Bertz CT molecular complexity index is 4030. The molecule has 0 saturated heterocycles. The molecule has 0 fully saturated rings. The third kappa shape index (κ3) is 21.8. The number of carbonyl (C=O) groups excluding carboxylic acids is 4. The first-order valence-corrected chi connectivity index (χ1v) is 39.1. The summed E-state index contributed by atoms with van der Waals surface area (Å²) in [5.41, 5.74) is 6.31. The van der Waals surface area contributed by atoms with Gasteiger partial charge < -0.3 is 95.8 Å². The van der Waals surface area contributed by atoms with Crippen molar-refractivity contribution in [2.75, 3.05) is 74.4 Å². The van der Waals surface area contributed by atoms with E-state index in [1.165, 1.54) is 21.3 Å². The van der Waals surface area contributed by atoms with Gasteiger partial charge in [0.1, 0.15) is 81.8 Å². The molecular weight excluding hydrogens is 2020 g/mol. The molecule has 6 atom stereocenters. The van der Waals surface area contributed by atoms with Crippen molar-refractivity contribution in [1.29, 1.82) is 0 Å². The van der Waals surface area contributed by atoms with E-state index in [-0.39, 0.29) is 60.3 Å². The topological polar surface area (TPSA) is 428 Å². The van der Waals surface area contributed by atoms with Crippen LogP contribution >= 0.6 is 159 Å². The Labute approximate surface area is 680 Å². The summed E-state index contributed by atoms with van der Waals surface area (Å²) >= 11 is 34.2. The number of hydrogen-bond acceptors (Lipinski definition) is 23. The van der Waals surface area contributed by atoms with Gasteiger partial charge in [-0.25, -0.2) is 9.97 Å². The molecule has 0 saturated carbocycles. The Morgan fingerprint density at radius 3 is 1.36 bits per heavy atom. The summed E-state index contributed by atoms with van der Waals surface area (Å²) in [7, 11) is 5.23. The van der Waals surface area contributed by atoms with Crippen molar-refractivity contribution >= 4 is 206 Å². The number of rotatable bonds is 27. The monoisotopic (exact) mass is 2080 g/mol. The molecule has 2 aromatic carbocycles. The highest BCUT2D eigenvalue weighted by molar-refractivity contribution is 9.13. The molecule has 0 radical (unpaired) electrons. The lowest BCUT2D eigenvalue weighted by Gasteiger charge is -2.33. The summed E-state index contributed by atoms with van der Waals surface area (Å²) in [5.74, 6) is 1.06. The molecule has 30 nitrogen and oxygen atoms in total. The fourth-order valence-electron chi connectivity index (χ4n) is 10.5. The predicted molar refractivity (Wildman–Crippen MR) is 416 cm³/mol. The highest BCUT2D eigenvalue weighted by Gasteiger charge is 2.53. The molecule has 4 aromatic rings. The van der Waals surface area contributed by atoms with E-state index in [9.17, 15) is 39.7 Å². The zero-order valence-corrected chi connectivity index (χ0v) is 71.4. The number of benzene rings is 2. The van der Waals surface area contributed by atoms with Gasteiger partial charge in [-0.2, -0.15) is 7.11 Å². The van der Waals surface area contributed by atoms with Crippen molar-refractivity contribution < 1.29 is 88.0 Å². The third-order valence-corrected chi connectivity index (χ3v) is 22.3. The zero-order valence-electron chi connectivity index (χ0n) is 55.6. The van der Waals surface area contributed by atoms with E-state index < -0.39 is 46.9 Å². The largest absolute Gasteiger partial charge is 0.857 e. The predicted octanol–water partition coefficient (Wildman–Crippen LogP) is 7.88. The van der Waals surface area contributed by atoms with Crippen molar-refractivity contribution in [3.63, 3.8) is 0 Å². The number of aromatic nitrogens is 4. The maximum absolute atomic E-state index is 12.7. The lowest BCUT2D eigenvalue weighted by atomic mass is 9.87. The fourth-order valence-corrected chi connectivity index (χ4v) is 18.9. The normalized spacial score (nSPS) is 21.6. The number of nitrogens with one attached hydrogen (secondary N) is 7. The van der Waals surface area contributed by atoms with E-state index in [2.05, 4.69) is 221 Å². The van der Waals surface area contributed by atoms with Crippen molar-refractivity contribution in [3.05, 3.63) is 152 Å². The van der Waals surface area contributed by atoms with Crippen LogP contribution in [-0.4, -0.2) is 191 Å². The number of methoxy groups -OCH3 is 3. The first kappa shape index (κ1) is 85.9. The molecule has 564 valence electrons. The maximum atomic E-state index is 12.7. The van der Waals surface area contributed by atoms with E-state index in [1.54, 1.807) is 55.4 Å². The van der Waals surface area contributed by atoms with Crippen LogP contribution in [0.15, 0.2) is 150 Å². The summed E-state index contributed by atoms with van der Waals surface area (Å²) in [6.07, 6.45) is 12.0. The molecule has 4 amide bonds. The van der Waals surface area contributed by atoms with Crippen LogP contribution in [0.4, 0.5) is 0 Å². The molecule has 10 rings (SSSR count). The number of aliphatic hydroxyl groups is 3. The van der Waals surface area contributed by atoms with Crippen LogP contribution in [0.2, 0.25) is 0 Å². The van der Waals surface area contributed by atoms with Gasteiger partial charge in [0.15, 0.2) is 16.8 Å². The lowest BCUT2D eigenvalue weighted by Crippen LogP contribution is -2.45. The van der Waals surface area contributed by atoms with Gasteiger partial charge in [-0.05, 0) is 239 Å². The average Bonchev–Trinajstić information content (AvgIpc) is 1.51. The van der Waals surface area contributed by atoms with Gasteiger partial charge in [0.25, 0.3) is 23.6 Å². The number of aliphatic hydroxyl groups excluding tert-OH is 3. The number of hydrogen-bond donors (Lipinski definition) is 11.